The maximum Gasteiger partial charge on any atom is 0.254 e. The lowest BCUT2D eigenvalue weighted by Gasteiger charge is -2.22. The summed E-state index contributed by atoms with van der Waals surface area (Å²) in [5, 5.41) is 4.15. The molecule has 0 spiro atoms. The molecule has 0 unspecified atom stereocenters. The fraction of sp³-hybridized carbons (Fsp3) is 0.120. The molecule has 1 aromatic heterocycles. The molecule has 0 aliphatic rings. The van der Waals surface area contributed by atoms with Gasteiger partial charge < -0.3 is 14.2 Å². The van der Waals surface area contributed by atoms with Crippen LogP contribution in [0.1, 0.15) is 21.6 Å². The Hall–Kier alpha value is -3.93. The zero-order valence-electron chi connectivity index (χ0n) is 17.0. The van der Waals surface area contributed by atoms with Crippen molar-refractivity contribution in [3.63, 3.8) is 0 Å². The predicted molar refractivity (Wildman–Crippen MR) is 115 cm³/mol. The van der Waals surface area contributed by atoms with Crippen LogP contribution in [0.5, 0.6) is 5.75 Å². The Balaban J connectivity index is 1.59. The quantitative estimate of drug-likeness (QED) is 0.409. The van der Waals surface area contributed by atoms with E-state index in [0.717, 1.165) is 11.1 Å². The van der Waals surface area contributed by atoms with Crippen LogP contribution < -0.4 is 4.74 Å². The standard InChI is InChI=1S/C25H21FN2O3/c1-30-23-9-5-8-20(14-23)24-15-22(27-31-24)17-28(16-18-6-3-2-4-7-18)25(29)19-10-12-21(26)13-11-19/h2-15H,16-17H2,1H3. The van der Waals surface area contributed by atoms with Crippen LogP contribution in [0.2, 0.25) is 0 Å². The van der Waals surface area contributed by atoms with Gasteiger partial charge >= 0.3 is 0 Å². The van der Waals surface area contributed by atoms with E-state index in [2.05, 4.69) is 5.16 Å². The normalized spacial score (nSPS) is 10.6. The first-order valence-corrected chi connectivity index (χ1v) is 9.81. The summed E-state index contributed by atoms with van der Waals surface area (Å²) in [5.41, 5.74) is 2.84. The molecule has 0 aliphatic carbocycles. The summed E-state index contributed by atoms with van der Waals surface area (Å²) in [7, 11) is 1.60. The summed E-state index contributed by atoms with van der Waals surface area (Å²) in [6, 6.07) is 24.5. The van der Waals surface area contributed by atoms with Gasteiger partial charge in [0, 0.05) is 23.7 Å². The minimum Gasteiger partial charge on any atom is -0.497 e. The van der Waals surface area contributed by atoms with Gasteiger partial charge in [0.2, 0.25) is 0 Å². The highest BCUT2D eigenvalue weighted by Gasteiger charge is 2.19. The van der Waals surface area contributed by atoms with E-state index in [9.17, 15) is 9.18 Å². The van der Waals surface area contributed by atoms with Gasteiger partial charge in [-0.05, 0) is 42.0 Å². The van der Waals surface area contributed by atoms with Crippen molar-refractivity contribution in [2.24, 2.45) is 0 Å². The Morgan fingerprint density at radius 2 is 1.74 bits per heavy atom. The molecule has 0 N–H and O–H groups in total. The van der Waals surface area contributed by atoms with E-state index >= 15 is 0 Å². The second-order valence-electron chi connectivity index (χ2n) is 7.07. The molecule has 1 amide bonds. The van der Waals surface area contributed by atoms with Crippen LogP contribution in [0, 0.1) is 5.82 Å². The molecule has 0 saturated carbocycles. The summed E-state index contributed by atoms with van der Waals surface area (Å²) in [6.07, 6.45) is 0. The van der Waals surface area contributed by atoms with Crippen LogP contribution in [0.4, 0.5) is 4.39 Å². The third-order valence-electron chi connectivity index (χ3n) is 4.86. The first-order valence-electron chi connectivity index (χ1n) is 9.81. The van der Waals surface area contributed by atoms with Crippen LogP contribution in [-0.4, -0.2) is 23.1 Å². The van der Waals surface area contributed by atoms with Crippen molar-refractivity contribution in [2.45, 2.75) is 13.1 Å². The number of halogens is 1. The predicted octanol–water partition coefficient (Wildman–Crippen LogP) is 5.33. The highest BCUT2D eigenvalue weighted by atomic mass is 19.1. The smallest absolute Gasteiger partial charge is 0.254 e. The van der Waals surface area contributed by atoms with Crippen molar-refractivity contribution in [3.05, 3.63) is 108 Å². The van der Waals surface area contributed by atoms with Gasteiger partial charge in [0.15, 0.2) is 5.76 Å². The third-order valence-corrected chi connectivity index (χ3v) is 4.86. The molecule has 5 nitrogen and oxygen atoms in total. The van der Waals surface area contributed by atoms with Gasteiger partial charge in [0.1, 0.15) is 17.3 Å². The van der Waals surface area contributed by atoms with Crippen molar-refractivity contribution in [1.82, 2.24) is 10.1 Å². The number of hydrogen-bond donors (Lipinski definition) is 0. The number of amides is 1. The zero-order valence-corrected chi connectivity index (χ0v) is 17.0. The number of methoxy groups -OCH3 is 1. The molecular formula is C25H21FN2O3. The van der Waals surface area contributed by atoms with Crippen LogP contribution in [0.15, 0.2) is 89.5 Å². The molecule has 31 heavy (non-hydrogen) atoms. The molecule has 0 saturated heterocycles. The number of benzene rings is 3. The maximum atomic E-state index is 13.3. The lowest BCUT2D eigenvalue weighted by Crippen LogP contribution is -2.30. The number of carbonyl (C=O) groups excluding carboxylic acids is 1. The van der Waals surface area contributed by atoms with Crippen LogP contribution in [0.25, 0.3) is 11.3 Å². The molecule has 0 aliphatic heterocycles. The molecule has 6 heteroatoms. The van der Waals surface area contributed by atoms with Crippen LogP contribution in [-0.2, 0) is 13.1 Å². The SMILES string of the molecule is COc1cccc(-c2cc(CN(Cc3ccccc3)C(=O)c3ccc(F)cc3)no2)c1. The largest absolute Gasteiger partial charge is 0.497 e. The lowest BCUT2D eigenvalue weighted by atomic mass is 10.1. The van der Waals surface area contributed by atoms with Crippen molar-refractivity contribution in [3.8, 4) is 17.1 Å². The summed E-state index contributed by atoms with van der Waals surface area (Å²) in [4.78, 5) is 14.8. The molecule has 0 bridgehead atoms. The van der Waals surface area contributed by atoms with Crippen LogP contribution >= 0.6 is 0 Å². The highest BCUT2D eigenvalue weighted by Crippen LogP contribution is 2.25. The van der Waals surface area contributed by atoms with Crippen molar-refractivity contribution in [2.75, 3.05) is 7.11 Å². The minimum absolute atomic E-state index is 0.213. The zero-order chi connectivity index (χ0) is 21.6. The van der Waals surface area contributed by atoms with Crippen LogP contribution in [0.3, 0.4) is 0 Å². The molecule has 4 rings (SSSR count). The first kappa shape index (κ1) is 20.3. The van der Waals surface area contributed by atoms with Crippen molar-refractivity contribution in [1.29, 1.82) is 0 Å². The van der Waals surface area contributed by atoms with E-state index in [-0.39, 0.29) is 18.3 Å². The van der Waals surface area contributed by atoms with Gasteiger partial charge in [-0.3, -0.25) is 4.79 Å². The Morgan fingerprint density at radius 3 is 2.48 bits per heavy atom. The molecule has 0 atom stereocenters. The second-order valence-corrected chi connectivity index (χ2v) is 7.07. The summed E-state index contributed by atoms with van der Waals surface area (Å²) < 4.78 is 24.1. The maximum absolute atomic E-state index is 13.3. The molecule has 0 radical (unpaired) electrons. The average Bonchev–Trinajstić information content (AvgIpc) is 3.28. The average molecular weight is 416 g/mol. The Labute approximate surface area is 179 Å². The Bertz CT molecular complexity index is 1160. The van der Waals surface area contributed by atoms with E-state index in [1.54, 1.807) is 12.0 Å². The van der Waals surface area contributed by atoms with Gasteiger partial charge in [-0.15, -0.1) is 0 Å². The monoisotopic (exact) mass is 416 g/mol. The van der Waals surface area contributed by atoms with Gasteiger partial charge in [-0.1, -0.05) is 47.6 Å². The van der Waals surface area contributed by atoms with E-state index in [1.807, 2.05) is 60.7 Å². The molecule has 156 valence electrons. The first-order chi connectivity index (χ1) is 15.1. The number of nitrogens with zero attached hydrogens (tertiary/aromatic N) is 2. The van der Waals surface area contributed by atoms with Crippen molar-refractivity contribution >= 4 is 5.91 Å². The molecule has 1 heterocycles. The van der Waals surface area contributed by atoms with Crippen molar-refractivity contribution < 1.29 is 18.4 Å². The highest BCUT2D eigenvalue weighted by molar-refractivity contribution is 5.94. The number of rotatable bonds is 7. The van der Waals surface area contributed by atoms with Gasteiger partial charge in [-0.25, -0.2) is 4.39 Å². The number of carbonyl (C=O) groups is 1. The van der Waals surface area contributed by atoms with E-state index in [0.29, 0.717) is 29.3 Å². The fourth-order valence-electron chi connectivity index (χ4n) is 3.27. The minimum atomic E-state index is -0.384. The third kappa shape index (κ3) is 4.98. The number of hydrogen-bond acceptors (Lipinski definition) is 4. The lowest BCUT2D eigenvalue weighted by molar-refractivity contribution is 0.0726. The van der Waals surface area contributed by atoms with Gasteiger partial charge in [-0.2, -0.15) is 0 Å². The van der Waals surface area contributed by atoms with E-state index in [4.69, 9.17) is 9.26 Å². The van der Waals surface area contributed by atoms with E-state index < -0.39 is 0 Å². The van der Waals surface area contributed by atoms with E-state index in [1.165, 1.54) is 24.3 Å². The second kappa shape index (κ2) is 9.26. The Morgan fingerprint density at radius 1 is 0.968 bits per heavy atom. The number of aromatic nitrogens is 1. The Kier molecular flexibility index (Phi) is 6.08. The fourth-order valence-corrected chi connectivity index (χ4v) is 3.27. The molecule has 4 aromatic rings. The van der Waals surface area contributed by atoms with Gasteiger partial charge in [0.25, 0.3) is 5.91 Å². The topological polar surface area (TPSA) is 55.6 Å². The number of ether oxygens (including phenoxy) is 1. The van der Waals surface area contributed by atoms with Gasteiger partial charge in [0.05, 0.1) is 13.7 Å². The molecule has 3 aromatic carbocycles. The summed E-state index contributed by atoms with van der Waals surface area (Å²) in [6.45, 7) is 0.636. The molecule has 0 fully saturated rings. The molecular weight excluding hydrogens is 395 g/mol. The summed E-state index contributed by atoms with van der Waals surface area (Å²) >= 11 is 0. The summed E-state index contributed by atoms with van der Waals surface area (Å²) in [5.74, 6) is 0.704.